The minimum absolute atomic E-state index is 0.0636. The van der Waals surface area contributed by atoms with Crippen LogP contribution >= 0.6 is 0 Å². The van der Waals surface area contributed by atoms with E-state index >= 15 is 0 Å². The number of aliphatic hydroxyl groups is 1. The molecule has 2 aliphatic rings. The molecule has 1 aliphatic carbocycles. The highest BCUT2D eigenvalue weighted by Crippen LogP contribution is 2.34. The molecule has 1 amide bonds. The van der Waals surface area contributed by atoms with Crippen molar-refractivity contribution in [3.05, 3.63) is 23.8 Å². The van der Waals surface area contributed by atoms with Crippen molar-refractivity contribution in [3.63, 3.8) is 0 Å². The number of carbonyl (C=O) groups excluding carboxylic acids is 1. The van der Waals surface area contributed by atoms with Gasteiger partial charge in [-0.05, 0) is 44.4 Å². The Kier molecular flexibility index (Phi) is 8.43. The Morgan fingerprint density at radius 1 is 1.36 bits per heavy atom. The Bertz CT molecular complexity index is 1010. The molecule has 182 valence electrons. The molecule has 1 aromatic rings. The van der Waals surface area contributed by atoms with Crippen LogP contribution < -0.4 is 4.74 Å². The van der Waals surface area contributed by atoms with Crippen molar-refractivity contribution in [2.45, 2.75) is 69.9 Å². The van der Waals surface area contributed by atoms with Crippen LogP contribution in [0.25, 0.3) is 0 Å². The average Bonchev–Trinajstić information content (AvgIpc) is 2.74. The van der Waals surface area contributed by atoms with Crippen molar-refractivity contribution in [2.24, 2.45) is 11.8 Å². The lowest BCUT2D eigenvalue weighted by Crippen LogP contribution is -2.50. The summed E-state index contributed by atoms with van der Waals surface area (Å²) in [5.74, 6) is 6.40. The summed E-state index contributed by atoms with van der Waals surface area (Å²) in [7, 11) is -2.10. The second-order valence-corrected chi connectivity index (χ2v) is 11.2. The van der Waals surface area contributed by atoms with E-state index in [1.54, 1.807) is 31.0 Å². The summed E-state index contributed by atoms with van der Waals surface area (Å²) in [6.45, 7) is 5.94. The minimum atomic E-state index is -3.89. The molecule has 1 N–H and O–H groups in total. The van der Waals surface area contributed by atoms with Crippen LogP contribution in [0, 0.1) is 23.7 Å². The van der Waals surface area contributed by atoms with Crippen LogP contribution in [-0.4, -0.2) is 67.5 Å². The number of ether oxygens (including phenoxy) is 1. The van der Waals surface area contributed by atoms with Crippen molar-refractivity contribution in [2.75, 3.05) is 26.7 Å². The van der Waals surface area contributed by atoms with Crippen LogP contribution in [0.1, 0.15) is 58.4 Å². The van der Waals surface area contributed by atoms with Gasteiger partial charge in [0.15, 0.2) is 0 Å². The first-order valence-corrected chi connectivity index (χ1v) is 13.3. The first-order chi connectivity index (χ1) is 15.7. The molecule has 0 radical (unpaired) electrons. The number of aliphatic hydroxyl groups excluding tert-OH is 1. The van der Waals surface area contributed by atoms with E-state index < -0.39 is 22.2 Å². The maximum absolute atomic E-state index is 13.5. The van der Waals surface area contributed by atoms with Crippen LogP contribution in [0.3, 0.4) is 0 Å². The summed E-state index contributed by atoms with van der Waals surface area (Å²) in [5.41, 5.74) is 0.685. The Morgan fingerprint density at radius 3 is 2.70 bits per heavy atom. The molecule has 1 aromatic carbocycles. The van der Waals surface area contributed by atoms with Crippen molar-refractivity contribution in [1.29, 1.82) is 0 Å². The molecule has 3 rings (SSSR count). The fraction of sp³-hybridized carbons (Fsp3) is 0.640. The third-order valence-electron chi connectivity index (χ3n) is 6.56. The van der Waals surface area contributed by atoms with E-state index in [9.17, 15) is 18.3 Å². The molecule has 0 aromatic heterocycles. The van der Waals surface area contributed by atoms with E-state index in [2.05, 4.69) is 18.8 Å². The molecule has 1 fully saturated rings. The van der Waals surface area contributed by atoms with Crippen LogP contribution in [0.2, 0.25) is 0 Å². The lowest BCUT2D eigenvalue weighted by atomic mass is 9.84. The molecule has 0 bridgehead atoms. The molecular formula is C25H36N2O5S. The Labute approximate surface area is 198 Å². The number of hydrogen-bond donors (Lipinski definition) is 1. The molecule has 33 heavy (non-hydrogen) atoms. The zero-order valence-corrected chi connectivity index (χ0v) is 20.9. The highest BCUT2D eigenvalue weighted by atomic mass is 32.2. The number of carbonyl (C=O) groups is 1. The molecule has 1 heterocycles. The van der Waals surface area contributed by atoms with Crippen LogP contribution in [0.5, 0.6) is 5.75 Å². The lowest BCUT2D eigenvalue weighted by molar-refractivity contribution is -0.138. The van der Waals surface area contributed by atoms with Crippen molar-refractivity contribution in [1.82, 2.24) is 9.21 Å². The minimum Gasteiger partial charge on any atom is -0.487 e. The molecule has 0 spiro atoms. The fourth-order valence-electron chi connectivity index (χ4n) is 4.14. The van der Waals surface area contributed by atoms with Crippen molar-refractivity contribution < 1.29 is 23.1 Å². The van der Waals surface area contributed by atoms with Crippen molar-refractivity contribution in [3.8, 4) is 17.6 Å². The third kappa shape index (κ3) is 5.71. The third-order valence-corrected chi connectivity index (χ3v) is 8.58. The van der Waals surface area contributed by atoms with Gasteiger partial charge in [0, 0.05) is 43.5 Å². The first-order valence-electron chi connectivity index (χ1n) is 11.9. The maximum Gasteiger partial charge on any atom is 0.247 e. The van der Waals surface area contributed by atoms with E-state index in [1.165, 1.54) is 10.4 Å². The second-order valence-electron chi connectivity index (χ2n) is 9.30. The zero-order valence-electron chi connectivity index (χ0n) is 20.1. The Morgan fingerprint density at radius 2 is 2.09 bits per heavy atom. The van der Waals surface area contributed by atoms with Gasteiger partial charge in [-0.3, -0.25) is 4.79 Å². The maximum atomic E-state index is 13.5. The number of unbranched alkanes of at least 4 members (excludes halogenated alkanes) is 1. The summed E-state index contributed by atoms with van der Waals surface area (Å²) in [4.78, 5) is 14.5. The predicted octanol–water partition coefficient (Wildman–Crippen LogP) is 2.87. The highest BCUT2D eigenvalue weighted by molar-refractivity contribution is 7.89. The zero-order chi connectivity index (χ0) is 24.2. The van der Waals surface area contributed by atoms with Crippen LogP contribution in [0.4, 0.5) is 0 Å². The lowest BCUT2D eigenvalue weighted by Gasteiger charge is -2.38. The van der Waals surface area contributed by atoms with Crippen molar-refractivity contribution >= 4 is 15.9 Å². The van der Waals surface area contributed by atoms with Gasteiger partial charge >= 0.3 is 0 Å². The molecule has 0 unspecified atom stereocenters. The van der Waals surface area contributed by atoms with E-state index in [1.807, 2.05) is 6.92 Å². The van der Waals surface area contributed by atoms with Gasteiger partial charge in [-0.15, -0.1) is 0 Å². The van der Waals surface area contributed by atoms with E-state index in [0.29, 0.717) is 12.1 Å². The topological polar surface area (TPSA) is 87.2 Å². The highest BCUT2D eigenvalue weighted by Gasteiger charge is 2.39. The molecule has 1 saturated carbocycles. The standard InChI is InChI=1S/C25H36N2O5S/c1-5-6-7-9-20-12-13-24-22(14-20)32-23(16-26(4)25(29)21-10-8-11-21)18(2)15-27(19(3)17-28)33(24,30)31/h12-14,18-19,21,23,28H,5-6,8,10-11,15-17H2,1-4H3/t18-,19+,23-/m1/s1. The monoisotopic (exact) mass is 476 g/mol. The number of nitrogens with zero attached hydrogens (tertiary/aromatic N) is 2. The van der Waals surface area contributed by atoms with Gasteiger partial charge in [0.2, 0.25) is 15.9 Å². The number of hydrogen-bond acceptors (Lipinski definition) is 5. The average molecular weight is 477 g/mol. The van der Waals surface area contributed by atoms with E-state index in [4.69, 9.17) is 4.74 Å². The van der Waals surface area contributed by atoms with E-state index in [0.717, 1.165) is 32.1 Å². The summed E-state index contributed by atoms with van der Waals surface area (Å²) >= 11 is 0. The fourth-order valence-corrected chi connectivity index (χ4v) is 5.96. The quantitative estimate of drug-likeness (QED) is 0.638. The van der Waals surface area contributed by atoms with Gasteiger partial charge < -0.3 is 14.7 Å². The molecule has 3 atom stereocenters. The summed E-state index contributed by atoms with van der Waals surface area (Å²) < 4.78 is 34.7. The van der Waals surface area contributed by atoms with Crippen LogP contribution in [-0.2, 0) is 14.8 Å². The Hall–Kier alpha value is -2.08. The predicted molar refractivity (Wildman–Crippen MR) is 127 cm³/mol. The molecule has 7 nitrogen and oxygen atoms in total. The largest absolute Gasteiger partial charge is 0.487 e. The van der Waals surface area contributed by atoms with E-state index in [-0.39, 0.29) is 41.5 Å². The summed E-state index contributed by atoms with van der Waals surface area (Å²) in [6.07, 6.45) is 4.23. The summed E-state index contributed by atoms with van der Waals surface area (Å²) in [5, 5.41) is 9.75. The van der Waals surface area contributed by atoms with Gasteiger partial charge in [-0.25, -0.2) is 8.42 Å². The molecule has 8 heteroatoms. The second kappa shape index (κ2) is 10.9. The number of likely N-dealkylation sites (N-methyl/N-ethyl adjacent to an activating group) is 1. The van der Waals surface area contributed by atoms with Gasteiger partial charge in [-0.1, -0.05) is 32.1 Å². The van der Waals surface area contributed by atoms with Gasteiger partial charge in [0.05, 0.1) is 13.2 Å². The molecular weight excluding hydrogens is 440 g/mol. The molecule has 0 saturated heterocycles. The number of rotatable bonds is 6. The SMILES string of the molecule is CCCC#Cc1ccc2c(c1)O[C@H](CN(C)C(=O)C1CCC1)[C@H](C)CN([C@@H](C)CO)S2(=O)=O. The normalized spacial score (nSPS) is 23.5. The Balaban J connectivity index is 1.99. The number of benzene rings is 1. The van der Waals surface area contributed by atoms with Gasteiger partial charge in [0.25, 0.3) is 0 Å². The van der Waals surface area contributed by atoms with Gasteiger partial charge in [0.1, 0.15) is 16.7 Å². The number of amides is 1. The smallest absolute Gasteiger partial charge is 0.247 e. The van der Waals surface area contributed by atoms with Gasteiger partial charge in [-0.2, -0.15) is 4.31 Å². The molecule has 1 aliphatic heterocycles. The first kappa shape index (κ1) is 25.5. The summed E-state index contributed by atoms with van der Waals surface area (Å²) in [6, 6.07) is 4.32. The van der Waals surface area contributed by atoms with Crippen LogP contribution in [0.15, 0.2) is 23.1 Å². The number of fused-ring (bicyclic) bond motifs is 1. The number of sulfonamides is 1.